The third-order valence-corrected chi connectivity index (χ3v) is 5.35. The first-order chi connectivity index (χ1) is 9.84. The maximum absolute atomic E-state index is 12.6. The molecule has 1 saturated heterocycles. The Balaban J connectivity index is 2.26. The maximum Gasteiger partial charge on any atom is 0.307 e. The van der Waals surface area contributed by atoms with E-state index >= 15 is 0 Å². The molecule has 1 fully saturated rings. The Bertz CT molecular complexity index is 614. The molecule has 1 N–H and O–H groups in total. The number of carbonyl (C=O) groups is 1. The van der Waals surface area contributed by atoms with E-state index in [2.05, 4.69) is 4.98 Å². The van der Waals surface area contributed by atoms with Crippen molar-refractivity contribution in [3.05, 3.63) is 18.3 Å². The zero-order chi connectivity index (χ0) is 15.6. The molecule has 2 heterocycles. The molecule has 1 aromatic rings. The molecule has 2 rings (SSSR count). The standard InChI is InChI=1S/C13H18N2O5S/c1-9-5-10(13(16)17)8-15(7-9)21(18,19)11-3-4-12(20-2)14-6-11/h3-4,6,9-10H,5,7-8H2,1-2H3,(H,16,17). The topological polar surface area (TPSA) is 96.8 Å². The number of ether oxygens (including phenoxy) is 1. The fraction of sp³-hybridized carbons (Fsp3) is 0.538. The van der Waals surface area contributed by atoms with Crippen LogP contribution in [0.3, 0.4) is 0 Å². The molecule has 7 nitrogen and oxygen atoms in total. The summed E-state index contributed by atoms with van der Waals surface area (Å²) in [6.07, 6.45) is 1.71. The van der Waals surface area contributed by atoms with Crippen molar-refractivity contribution in [1.82, 2.24) is 9.29 Å². The van der Waals surface area contributed by atoms with Crippen molar-refractivity contribution in [3.8, 4) is 5.88 Å². The van der Waals surface area contributed by atoms with Gasteiger partial charge in [0.15, 0.2) is 0 Å². The Morgan fingerprint density at radius 3 is 2.67 bits per heavy atom. The van der Waals surface area contributed by atoms with E-state index in [1.807, 2.05) is 6.92 Å². The van der Waals surface area contributed by atoms with E-state index in [0.717, 1.165) is 0 Å². The van der Waals surface area contributed by atoms with Crippen LogP contribution in [0.5, 0.6) is 5.88 Å². The first-order valence-corrected chi connectivity index (χ1v) is 8.01. The predicted molar refractivity (Wildman–Crippen MR) is 74.5 cm³/mol. The minimum atomic E-state index is -3.73. The Labute approximate surface area is 123 Å². The first-order valence-electron chi connectivity index (χ1n) is 6.57. The highest BCUT2D eigenvalue weighted by atomic mass is 32.2. The molecule has 0 aromatic carbocycles. The van der Waals surface area contributed by atoms with Crippen molar-refractivity contribution in [2.75, 3.05) is 20.2 Å². The van der Waals surface area contributed by atoms with Gasteiger partial charge in [-0.2, -0.15) is 4.31 Å². The zero-order valence-corrected chi connectivity index (χ0v) is 12.7. The van der Waals surface area contributed by atoms with Crippen molar-refractivity contribution in [2.24, 2.45) is 11.8 Å². The van der Waals surface area contributed by atoms with E-state index in [9.17, 15) is 13.2 Å². The fourth-order valence-corrected chi connectivity index (χ4v) is 4.02. The Morgan fingerprint density at radius 1 is 1.43 bits per heavy atom. The maximum atomic E-state index is 12.6. The molecule has 0 bridgehead atoms. The quantitative estimate of drug-likeness (QED) is 0.884. The highest BCUT2D eigenvalue weighted by Gasteiger charge is 2.36. The van der Waals surface area contributed by atoms with Gasteiger partial charge in [-0.1, -0.05) is 6.92 Å². The second-order valence-electron chi connectivity index (χ2n) is 5.23. The summed E-state index contributed by atoms with van der Waals surface area (Å²) in [7, 11) is -2.29. The largest absolute Gasteiger partial charge is 0.481 e. The second kappa shape index (κ2) is 5.98. The molecular weight excluding hydrogens is 296 g/mol. The summed E-state index contributed by atoms with van der Waals surface area (Å²) in [6.45, 7) is 2.16. The molecule has 116 valence electrons. The average Bonchev–Trinajstić information content (AvgIpc) is 2.46. The normalized spacial score (nSPS) is 23.7. The number of aromatic nitrogens is 1. The van der Waals surface area contributed by atoms with E-state index in [4.69, 9.17) is 9.84 Å². The lowest BCUT2D eigenvalue weighted by molar-refractivity contribution is -0.143. The number of aliphatic carboxylic acids is 1. The highest BCUT2D eigenvalue weighted by molar-refractivity contribution is 7.89. The molecule has 1 aromatic heterocycles. The van der Waals surface area contributed by atoms with Gasteiger partial charge in [-0.15, -0.1) is 0 Å². The molecule has 2 unspecified atom stereocenters. The summed E-state index contributed by atoms with van der Waals surface area (Å²) in [4.78, 5) is 15.1. The van der Waals surface area contributed by atoms with Crippen molar-refractivity contribution >= 4 is 16.0 Å². The van der Waals surface area contributed by atoms with Gasteiger partial charge in [-0.25, -0.2) is 13.4 Å². The number of piperidine rings is 1. The van der Waals surface area contributed by atoms with Crippen molar-refractivity contribution < 1.29 is 23.1 Å². The van der Waals surface area contributed by atoms with Gasteiger partial charge < -0.3 is 9.84 Å². The molecule has 8 heteroatoms. The van der Waals surface area contributed by atoms with Gasteiger partial charge >= 0.3 is 5.97 Å². The molecular formula is C13H18N2O5S. The van der Waals surface area contributed by atoms with Crippen molar-refractivity contribution in [3.63, 3.8) is 0 Å². The summed E-state index contributed by atoms with van der Waals surface area (Å²) < 4.78 is 31.2. The average molecular weight is 314 g/mol. The van der Waals surface area contributed by atoms with Crippen LogP contribution in [0.2, 0.25) is 0 Å². The van der Waals surface area contributed by atoms with Gasteiger partial charge in [-0.3, -0.25) is 4.79 Å². The second-order valence-corrected chi connectivity index (χ2v) is 7.17. The van der Waals surface area contributed by atoms with E-state index in [1.165, 1.54) is 29.7 Å². The monoisotopic (exact) mass is 314 g/mol. The molecule has 0 aliphatic carbocycles. The number of sulfonamides is 1. The highest BCUT2D eigenvalue weighted by Crippen LogP contribution is 2.27. The zero-order valence-electron chi connectivity index (χ0n) is 11.9. The van der Waals surface area contributed by atoms with Crippen LogP contribution in [-0.4, -0.2) is 49.0 Å². The van der Waals surface area contributed by atoms with E-state index in [-0.39, 0.29) is 17.4 Å². The number of hydrogen-bond acceptors (Lipinski definition) is 5. The van der Waals surface area contributed by atoms with Crippen LogP contribution < -0.4 is 4.74 Å². The lowest BCUT2D eigenvalue weighted by atomic mass is 9.92. The van der Waals surface area contributed by atoms with Crippen molar-refractivity contribution in [1.29, 1.82) is 0 Å². The molecule has 0 amide bonds. The third-order valence-electron chi connectivity index (χ3n) is 3.53. The number of rotatable bonds is 4. The number of nitrogens with zero attached hydrogens (tertiary/aromatic N) is 2. The first kappa shape index (κ1) is 15.7. The number of methoxy groups -OCH3 is 1. The number of pyridine rings is 1. The van der Waals surface area contributed by atoms with Gasteiger partial charge in [0.1, 0.15) is 4.90 Å². The molecule has 1 aliphatic heterocycles. The molecule has 0 spiro atoms. The Kier molecular flexibility index (Phi) is 4.48. The Hall–Kier alpha value is -1.67. The smallest absolute Gasteiger partial charge is 0.307 e. The molecule has 2 atom stereocenters. The third kappa shape index (κ3) is 3.33. The minimum absolute atomic E-state index is 0.000771. The van der Waals surface area contributed by atoms with E-state index < -0.39 is 21.9 Å². The summed E-state index contributed by atoms with van der Waals surface area (Å²) in [6, 6.07) is 2.88. The fourth-order valence-electron chi connectivity index (χ4n) is 2.47. The van der Waals surface area contributed by atoms with Crippen LogP contribution >= 0.6 is 0 Å². The SMILES string of the molecule is COc1ccc(S(=O)(=O)N2CC(C)CC(C(=O)O)C2)cn1. The number of hydrogen-bond donors (Lipinski definition) is 1. The van der Waals surface area contributed by atoms with Gasteiger partial charge in [-0.05, 0) is 18.4 Å². The molecule has 21 heavy (non-hydrogen) atoms. The van der Waals surface area contributed by atoms with Crippen LogP contribution in [0.25, 0.3) is 0 Å². The lowest BCUT2D eigenvalue weighted by Crippen LogP contribution is -2.45. The molecule has 1 aliphatic rings. The minimum Gasteiger partial charge on any atom is -0.481 e. The summed E-state index contributed by atoms with van der Waals surface area (Å²) in [5.74, 6) is -1.31. The van der Waals surface area contributed by atoms with Gasteiger partial charge in [0.2, 0.25) is 15.9 Å². The van der Waals surface area contributed by atoms with Crippen LogP contribution in [0.15, 0.2) is 23.2 Å². The van der Waals surface area contributed by atoms with E-state index in [1.54, 1.807) is 0 Å². The number of carboxylic acids is 1. The van der Waals surface area contributed by atoms with Crippen LogP contribution in [0.4, 0.5) is 0 Å². The van der Waals surface area contributed by atoms with Crippen LogP contribution in [0.1, 0.15) is 13.3 Å². The van der Waals surface area contributed by atoms with Gasteiger partial charge in [0.25, 0.3) is 0 Å². The molecule has 0 saturated carbocycles. The van der Waals surface area contributed by atoms with Crippen LogP contribution in [0, 0.1) is 11.8 Å². The van der Waals surface area contributed by atoms with Crippen LogP contribution in [-0.2, 0) is 14.8 Å². The van der Waals surface area contributed by atoms with E-state index in [0.29, 0.717) is 18.8 Å². The van der Waals surface area contributed by atoms with Crippen molar-refractivity contribution in [2.45, 2.75) is 18.2 Å². The predicted octanol–water partition coefficient (Wildman–Crippen LogP) is 0.821. The summed E-state index contributed by atoms with van der Waals surface area (Å²) in [5.41, 5.74) is 0. The molecule has 0 radical (unpaired) electrons. The summed E-state index contributed by atoms with van der Waals surface area (Å²) >= 11 is 0. The number of carboxylic acid groups (broad SMARTS) is 1. The van der Waals surface area contributed by atoms with Gasteiger partial charge in [0, 0.05) is 19.2 Å². The van der Waals surface area contributed by atoms with Gasteiger partial charge in [0.05, 0.1) is 19.2 Å². The lowest BCUT2D eigenvalue weighted by Gasteiger charge is -2.33. The Morgan fingerprint density at radius 2 is 2.14 bits per heavy atom. The summed E-state index contributed by atoms with van der Waals surface area (Å²) in [5, 5.41) is 9.13.